The Hall–Kier alpha value is -1.55. The van der Waals surface area contributed by atoms with Crippen LogP contribution in [-0.2, 0) is 4.79 Å². The summed E-state index contributed by atoms with van der Waals surface area (Å²) in [5.41, 5.74) is 1.11. The van der Waals surface area contributed by atoms with Crippen molar-refractivity contribution < 1.29 is 9.53 Å². The second-order valence-corrected chi connectivity index (χ2v) is 6.03. The molecule has 1 saturated heterocycles. The second kappa shape index (κ2) is 6.94. The molecule has 3 rings (SSSR count). The van der Waals surface area contributed by atoms with Gasteiger partial charge in [0.2, 0.25) is 5.91 Å². The zero-order valence-electron chi connectivity index (χ0n) is 12.4. The van der Waals surface area contributed by atoms with Crippen LogP contribution in [0.4, 0.5) is 0 Å². The van der Waals surface area contributed by atoms with Gasteiger partial charge in [0.05, 0.1) is 12.6 Å². The largest absolute Gasteiger partial charge is 0.493 e. The number of carbonyl (C=O) groups is 1. The minimum Gasteiger partial charge on any atom is -0.493 e. The van der Waals surface area contributed by atoms with Gasteiger partial charge in [0.15, 0.2) is 0 Å². The van der Waals surface area contributed by atoms with Crippen molar-refractivity contribution in [2.45, 2.75) is 38.1 Å². The lowest BCUT2D eigenvalue weighted by Crippen LogP contribution is -2.33. The monoisotopic (exact) mass is 288 g/mol. The Morgan fingerprint density at radius 1 is 1.24 bits per heavy atom. The van der Waals surface area contributed by atoms with E-state index in [0.717, 1.165) is 37.2 Å². The third-order valence-electron chi connectivity index (χ3n) is 4.53. The molecule has 114 valence electrons. The van der Waals surface area contributed by atoms with Gasteiger partial charge in [0, 0.05) is 18.4 Å². The molecule has 0 radical (unpaired) electrons. The third kappa shape index (κ3) is 3.76. The SMILES string of the molecule is O=C(CCC1CCNCC1)NC1CCOc2ccccc21. The Bertz CT molecular complexity index is 483. The summed E-state index contributed by atoms with van der Waals surface area (Å²) in [7, 11) is 0. The van der Waals surface area contributed by atoms with Gasteiger partial charge in [-0.2, -0.15) is 0 Å². The third-order valence-corrected chi connectivity index (χ3v) is 4.53. The number of rotatable bonds is 4. The van der Waals surface area contributed by atoms with Gasteiger partial charge >= 0.3 is 0 Å². The maximum atomic E-state index is 12.2. The molecular formula is C17H24N2O2. The molecule has 1 aromatic rings. The first-order valence-corrected chi connectivity index (χ1v) is 8.05. The highest BCUT2D eigenvalue weighted by molar-refractivity contribution is 5.76. The Morgan fingerprint density at radius 3 is 2.90 bits per heavy atom. The van der Waals surface area contributed by atoms with Crippen LogP contribution in [0, 0.1) is 5.92 Å². The van der Waals surface area contributed by atoms with E-state index in [2.05, 4.69) is 10.6 Å². The average Bonchev–Trinajstić information content (AvgIpc) is 2.54. The molecule has 0 bridgehead atoms. The first-order valence-electron chi connectivity index (χ1n) is 8.05. The Morgan fingerprint density at radius 2 is 2.05 bits per heavy atom. The summed E-state index contributed by atoms with van der Waals surface area (Å²) < 4.78 is 5.63. The van der Waals surface area contributed by atoms with Gasteiger partial charge in [-0.05, 0) is 44.3 Å². The highest BCUT2D eigenvalue weighted by Crippen LogP contribution is 2.31. The van der Waals surface area contributed by atoms with E-state index in [1.54, 1.807) is 0 Å². The van der Waals surface area contributed by atoms with Crippen molar-refractivity contribution in [2.24, 2.45) is 5.92 Å². The number of para-hydroxylation sites is 1. The molecular weight excluding hydrogens is 264 g/mol. The normalized spacial score (nSPS) is 22.2. The van der Waals surface area contributed by atoms with Gasteiger partial charge in [0.1, 0.15) is 5.75 Å². The zero-order chi connectivity index (χ0) is 14.5. The van der Waals surface area contributed by atoms with Crippen LogP contribution in [0.15, 0.2) is 24.3 Å². The maximum absolute atomic E-state index is 12.2. The van der Waals surface area contributed by atoms with Crippen LogP contribution in [0.2, 0.25) is 0 Å². The molecule has 2 heterocycles. The molecule has 2 aliphatic rings. The number of benzene rings is 1. The number of hydrogen-bond donors (Lipinski definition) is 2. The van der Waals surface area contributed by atoms with Gasteiger partial charge in [-0.3, -0.25) is 4.79 Å². The quantitative estimate of drug-likeness (QED) is 0.894. The van der Waals surface area contributed by atoms with Crippen LogP contribution in [0.1, 0.15) is 43.7 Å². The van der Waals surface area contributed by atoms with E-state index in [0.29, 0.717) is 18.9 Å². The van der Waals surface area contributed by atoms with Crippen LogP contribution in [0.5, 0.6) is 5.75 Å². The molecule has 1 unspecified atom stereocenters. The van der Waals surface area contributed by atoms with Crippen molar-refractivity contribution in [3.63, 3.8) is 0 Å². The summed E-state index contributed by atoms with van der Waals surface area (Å²) in [5, 5.41) is 6.54. The number of hydrogen-bond acceptors (Lipinski definition) is 3. The maximum Gasteiger partial charge on any atom is 0.220 e. The number of carbonyl (C=O) groups excluding carboxylic acids is 1. The number of fused-ring (bicyclic) bond motifs is 1. The molecule has 4 heteroatoms. The van der Waals surface area contributed by atoms with Gasteiger partial charge in [-0.15, -0.1) is 0 Å². The molecule has 2 aliphatic heterocycles. The number of piperidine rings is 1. The van der Waals surface area contributed by atoms with Crippen molar-refractivity contribution in [3.8, 4) is 5.75 Å². The molecule has 1 aromatic carbocycles. The summed E-state index contributed by atoms with van der Waals surface area (Å²) in [6.07, 6.45) is 4.92. The van der Waals surface area contributed by atoms with Crippen molar-refractivity contribution in [1.82, 2.24) is 10.6 Å². The molecule has 0 aromatic heterocycles. The number of nitrogens with one attached hydrogen (secondary N) is 2. The minimum atomic E-state index is 0.107. The van der Waals surface area contributed by atoms with Crippen LogP contribution < -0.4 is 15.4 Å². The smallest absolute Gasteiger partial charge is 0.220 e. The van der Waals surface area contributed by atoms with Crippen molar-refractivity contribution in [3.05, 3.63) is 29.8 Å². The summed E-state index contributed by atoms with van der Waals surface area (Å²) in [6, 6.07) is 8.10. The van der Waals surface area contributed by atoms with Gasteiger partial charge in [0.25, 0.3) is 0 Å². The topological polar surface area (TPSA) is 50.4 Å². The number of ether oxygens (including phenoxy) is 1. The lowest BCUT2D eigenvalue weighted by atomic mass is 9.93. The van der Waals surface area contributed by atoms with E-state index < -0.39 is 0 Å². The molecule has 1 amide bonds. The van der Waals surface area contributed by atoms with Crippen molar-refractivity contribution in [1.29, 1.82) is 0 Å². The van der Waals surface area contributed by atoms with Crippen LogP contribution in [-0.4, -0.2) is 25.6 Å². The first-order chi connectivity index (χ1) is 10.3. The van der Waals surface area contributed by atoms with Crippen LogP contribution in [0.3, 0.4) is 0 Å². The van der Waals surface area contributed by atoms with Gasteiger partial charge in [-0.1, -0.05) is 18.2 Å². The van der Waals surface area contributed by atoms with Crippen molar-refractivity contribution >= 4 is 5.91 Å². The molecule has 1 fully saturated rings. The summed E-state index contributed by atoms with van der Waals surface area (Å²) in [6.45, 7) is 2.87. The summed E-state index contributed by atoms with van der Waals surface area (Å²) in [4.78, 5) is 12.2. The minimum absolute atomic E-state index is 0.107. The van der Waals surface area contributed by atoms with Crippen LogP contribution in [0.25, 0.3) is 0 Å². The van der Waals surface area contributed by atoms with E-state index >= 15 is 0 Å². The molecule has 4 nitrogen and oxygen atoms in total. The fourth-order valence-electron chi connectivity index (χ4n) is 3.26. The van der Waals surface area contributed by atoms with E-state index in [-0.39, 0.29) is 11.9 Å². The Balaban J connectivity index is 1.51. The molecule has 21 heavy (non-hydrogen) atoms. The standard InChI is InChI=1S/C17H24N2O2/c20-17(6-5-13-7-10-18-11-8-13)19-15-9-12-21-16-4-2-1-3-14(15)16/h1-4,13,15,18H,5-12H2,(H,19,20). The van der Waals surface area contributed by atoms with Gasteiger partial charge in [-0.25, -0.2) is 0 Å². The summed E-state index contributed by atoms with van der Waals surface area (Å²) in [5.74, 6) is 1.79. The van der Waals surface area contributed by atoms with Gasteiger partial charge < -0.3 is 15.4 Å². The lowest BCUT2D eigenvalue weighted by molar-refractivity contribution is -0.122. The van der Waals surface area contributed by atoms with E-state index in [1.807, 2.05) is 24.3 Å². The van der Waals surface area contributed by atoms with Crippen molar-refractivity contribution in [2.75, 3.05) is 19.7 Å². The molecule has 0 aliphatic carbocycles. The highest BCUT2D eigenvalue weighted by atomic mass is 16.5. The fraction of sp³-hybridized carbons (Fsp3) is 0.588. The van der Waals surface area contributed by atoms with E-state index in [1.165, 1.54) is 12.8 Å². The predicted octanol–water partition coefficient (Wildman–Crippen LogP) is 2.41. The first kappa shape index (κ1) is 14.4. The predicted molar refractivity (Wildman–Crippen MR) is 82.3 cm³/mol. The molecule has 0 spiro atoms. The Kier molecular flexibility index (Phi) is 4.76. The average molecular weight is 288 g/mol. The van der Waals surface area contributed by atoms with E-state index in [9.17, 15) is 4.79 Å². The molecule has 2 N–H and O–H groups in total. The van der Waals surface area contributed by atoms with Crippen LogP contribution >= 0.6 is 0 Å². The molecule has 1 atom stereocenters. The Labute approximate surface area is 126 Å². The van der Waals surface area contributed by atoms with E-state index in [4.69, 9.17) is 4.74 Å². The summed E-state index contributed by atoms with van der Waals surface area (Å²) >= 11 is 0. The highest BCUT2D eigenvalue weighted by Gasteiger charge is 2.23. The molecule has 0 saturated carbocycles. The number of amides is 1. The fourth-order valence-corrected chi connectivity index (χ4v) is 3.26. The zero-order valence-corrected chi connectivity index (χ0v) is 12.4. The lowest BCUT2D eigenvalue weighted by Gasteiger charge is -2.27. The second-order valence-electron chi connectivity index (χ2n) is 6.03.